The van der Waals surface area contributed by atoms with Crippen LogP contribution in [0, 0.1) is 5.92 Å². The van der Waals surface area contributed by atoms with Gasteiger partial charge in [0.2, 0.25) is 8.41 Å². The molecule has 1 unspecified atom stereocenters. The van der Waals surface area contributed by atoms with E-state index in [-0.39, 0.29) is 24.3 Å². The van der Waals surface area contributed by atoms with Gasteiger partial charge in [-0.05, 0) is 61.0 Å². The fourth-order valence-corrected chi connectivity index (χ4v) is 10.5. The molecular formula is C40H42FN5O4Si. The number of anilines is 2. The highest BCUT2D eigenvalue weighted by molar-refractivity contribution is 6.72. The van der Waals surface area contributed by atoms with Crippen LogP contribution in [-0.4, -0.2) is 53.0 Å². The Kier molecular flexibility index (Phi) is 9.45. The summed E-state index contributed by atoms with van der Waals surface area (Å²) in [6.45, 7) is 5.96. The van der Waals surface area contributed by atoms with Gasteiger partial charge in [-0.1, -0.05) is 91.0 Å². The Morgan fingerprint density at radius 1 is 0.980 bits per heavy atom. The number of nitrogens with zero attached hydrogens (tertiary/aromatic N) is 4. The number of hydrogen-bond donors (Lipinski definition) is 2. The molecule has 3 heterocycles. The number of aliphatic hydroxyl groups is 1. The molecule has 9 nitrogen and oxygen atoms in total. The molecule has 51 heavy (non-hydrogen) atoms. The van der Waals surface area contributed by atoms with Crippen LogP contribution < -0.4 is 10.2 Å². The van der Waals surface area contributed by atoms with E-state index in [1.165, 1.54) is 0 Å². The monoisotopic (exact) mass is 703 g/mol. The molecule has 0 radical (unpaired) electrons. The summed E-state index contributed by atoms with van der Waals surface area (Å²) in [6.07, 6.45) is 1.75. The standard InChI is InChI=1S/C40H42FN5O4Si/c1-27-37(51(2,3)41)36(22-23-45-25-34(43-44-45)32(26-47)29-12-6-4-7-13-29)50-40(27)33-16-10-11-17-35(33)46(39(40)49)24-28-18-20-31(21-19-28)42-38(48)30-14-8-5-9-15-30/h4-21,25,27,32,36-37,47H,22-24,26H2,1-3H3,(H,42,48)/t27-,32?,36+,37-,40+/m1/s1. The van der Waals surface area contributed by atoms with Crippen molar-refractivity contribution in [3.63, 3.8) is 0 Å². The quantitative estimate of drug-likeness (QED) is 0.113. The van der Waals surface area contributed by atoms with Crippen molar-refractivity contribution in [3.8, 4) is 0 Å². The average Bonchev–Trinajstić information content (AvgIpc) is 3.79. The van der Waals surface area contributed by atoms with Crippen molar-refractivity contribution >= 4 is 31.6 Å². The van der Waals surface area contributed by atoms with Gasteiger partial charge in [0.15, 0.2) is 5.60 Å². The number of benzene rings is 4. The largest absolute Gasteiger partial charge is 0.395 e. The molecule has 0 saturated carbocycles. The van der Waals surface area contributed by atoms with Gasteiger partial charge in [-0.3, -0.25) is 14.3 Å². The molecule has 1 aromatic heterocycles. The third-order valence-corrected chi connectivity index (χ3v) is 12.9. The Balaban J connectivity index is 1.11. The molecule has 2 aliphatic rings. The maximum atomic E-state index is 16.3. The van der Waals surface area contributed by atoms with Crippen LogP contribution in [0.25, 0.3) is 0 Å². The molecule has 2 N–H and O–H groups in total. The normalized spacial score (nSPS) is 21.9. The van der Waals surface area contributed by atoms with Gasteiger partial charge in [0.1, 0.15) is 0 Å². The predicted octanol–water partition coefficient (Wildman–Crippen LogP) is 7.07. The van der Waals surface area contributed by atoms with Gasteiger partial charge in [-0.25, -0.2) is 0 Å². The maximum absolute atomic E-state index is 16.3. The Morgan fingerprint density at radius 2 is 1.65 bits per heavy atom. The van der Waals surface area contributed by atoms with Crippen LogP contribution in [0.1, 0.15) is 52.0 Å². The summed E-state index contributed by atoms with van der Waals surface area (Å²) in [7, 11) is -3.34. The van der Waals surface area contributed by atoms with E-state index in [0.29, 0.717) is 36.5 Å². The van der Waals surface area contributed by atoms with Gasteiger partial charge in [-0.15, -0.1) is 5.10 Å². The predicted molar refractivity (Wildman–Crippen MR) is 197 cm³/mol. The first-order valence-electron chi connectivity index (χ1n) is 17.4. The van der Waals surface area contributed by atoms with Crippen molar-refractivity contribution in [1.82, 2.24) is 15.0 Å². The van der Waals surface area contributed by atoms with Crippen molar-refractivity contribution in [1.29, 1.82) is 0 Å². The fourth-order valence-electron chi connectivity index (χ4n) is 7.99. The summed E-state index contributed by atoms with van der Waals surface area (Å²) in [4.78, 5) is 29.1. The molecule has 7 rings (SSSR count). The number of nitrogens with one attached hydrogen (secondary N) is 1. The Morgan fingerprint density at radius 3 is 2.33 bits per heavy atom. The highest BCUT2D eigenvalue weighted by Crippen LogP contribution is 2.60. The lowest BCUT2D eigenvalue weighted by Gasteiger charge is -2.31. The number of rotatable bonds is 11. The van der Waals surface area contributed by atoms with E-state index in [0.717, 1.165) is 22.4 Å². The smallest absolute Gasteiger partial charge is 0.264 e. The molecule has 4 aromatic carbocycles. The van der Waals surface area contributed by atoms with Gasteiger partial charge >= 0.3 is 0 Å². The molecule has 0 aliphatic carbocycles. The average molecular weight is 704 g/mol. The van der Waals surface area contributed by atoms with Gasteiger partial charge in [-0.2, -0.15) is 0 Å². The second-order valence-corrected chi connectivity index (χ2v) is 17.8. The SMILES string of the molecule is C[C@@H]1[C@@H]([Si](C)(C)F)[C@H](CCn2cc(C(CO)c3ccccc3)nn2)O[C@@]12C(=O)N(Cc1ccc(NC(=O)c3ccccc3)cc1)c1ccccc12. The minimum Gasteiger partial charge on any atom is -0.395 e. The van der Waals surface area contributed by atoms with E-state index in [1.54, 1.807) is 34.8 Å². The molecule has 0 bridgehead atoms. The number of aromatic nitrogens is 3. The first kappa shape index (κ1) is 34.5. The molecule has 11 heteroatoms. The summed E-state index contributed by atoms with van der Waals surface area (Å²) in [5.41, 5.74) is 3.44. The van der Waals surface area contributed by atoms with Crippen LogP contribution in [0.5, 0.6) is 0 Å². The van der Waals surface area contributed by atoms with Gasteiger partial charge in [0.25, 0.3) is 11.8 Å². The first-order valence-corrected chi connectivity index (χ1v) is 20.3. The zero-order chi connectivity index (χ0) is 35.8. The number of para-hydroxylation sites is 1. The van der Waals surface area contributed by atoms with Crippen LogP contribution in [0.2, 0.25) is 18.6 Å². The number of hydrogen-bond acceptors (Lipinski definition) is 6. The molecule has 5 aromatic rings. The number of aryl methyl sites for hydroxylation is 1. The lowest BCUT2D eigenvalue weighted by molar-refractivity contribution is -0.146. The number of carbonyl (C=O) groups is 2. The van der Waals surface area contributed by atoms with Gasteiger partial charge < -0.3 is 24.2 Å². The number of carbonyl (C=O) groups excluding carboxylic acids is 2. The van der Waals surface area contributed by atoms with Crippen LogP contribution in [0.4, 0.5) is 15.5 Å². The van der Waals surface area contributed by atoms with Crippen molar-refractivity contribution < 1.29 is 23.5 Å². The summed E-state index contributed by atoms with van der Waals surface area (Å²) in [5.74, 6) is -1.11. The number of fused-ring (bicyclic) bond motifs is 2. The number of aliphatic hydroxyl groups excluding tert-OH is 1. The van der Waals surface area contributed by atoms with E-state index in [4.69, 9.17) is 4.74 Å². The van der Waals surface area contributed by atoms with Crippen LogP contribution in [0.15, 0.2) is 115 Å². The molecule has 262 valence electrons. The van der Waals surface area contributed by atoms with E-state index in [9.17, 15) is 14.7 Å². The zero-order valence-electron chi connectivity index (χ0n) is 28.9. The van der Waals surface area contributed by atoms with Crippen LogP contribution in [-0.2, 0) is 28.2 Å². The summed E-state index contributed by atoms with van der Waals surface area (Å²) in [5, 5.41) is 21.7. The molecule has 1 spiro atoms. The van der Waals surface area contributed by atoms with Crippen molar-refractivity contribution in [2.45, 2.75) is 62.7 Å². The lowest BCUT2D eigenvalue weighted by Crippen LogP contribution is -2.45. The number of halogens is 1. The van der Waals surface area contributed by atoms with E-state index >= 15 is 4.11 Å². The second-order valence-electron chi connectivity index (χ2n) is 14.0. The molecule has 1 fully saturated rings. The zero-order valence-corrected chi connectivity index (χ0v) is 29.9. The lowest BCUT2D eigenvalue weighted by atomic mass is 9.82. The second kappa shape index (κ2) is 14.0. The Hall–Kier alpha value is -4.97. The number of ether oxygens (including phenoxy) is 1. The highest BCUT2D eigenvalue weighted by Gasteiger charge is 2.66. The van der Waals surface area contributed by atoms with Crippen LogP contribution >= 0.6 is 0 Å². The minimum absolute atomic E-state index is 0.106. The molecule has 1 saturated heterocycles. The summed E-state index contributed by atoms with van der Waals surface area (Å²) in [6, 6.07) is 33.8. The van der Waals surface area contributed by atoms with E-state index in [1.807, 2.05) is 110 Å². The molecular weight excluding hydrogens is 662 g/mol. The molecule has 5 atom stereocenters. The van der Waals surface area contributed by atoms with Crippen molar-refractivity contribution in [2.75, 3.05) is 16.8 Å². The maximum Gasteiger partial charge on any atom is 0.264 e. The van der Waals surface area contributed by atoms with Crippen LogP contribution in [0.3, 0.4) is 0 Å². The first-order chi connectivity index (χ1) is 24.6. The third kappa shape index (κ3) is 6.53. The minimum atomic E-state index is -3.34. The summed E-state index contributed by atoms with van der Waals surface area (Å²) >= 11 is 0. The van der Waals surface area contributed by atoms with Crippen molar-refractivity contribution in [2.24, 2.45) is 5.92 Å². The van der Waals surface area contributed by atoms with E-state index in [2.05, 4.69) is 15.6 Å². The van der Waals surface area contributed by atoms with E-state index < -0.39 is 31.6 Å². The van der Waals surface area contributed by atoms with Gasteiger partial charge in [0, 0.05) is 41.0 Å². The number of amides is 2. The van der Waals surface area contributed by atoms with Crippen molar-refractivity contribution in [3.05, 3.63) is 143 Å². The molecule has 2 amide bonds. The molecule has 2 aliphatic heterocycles. The topological polar surface area (TPSA) is 110 Å². The highest BCUT2D eigenvalue weighted by atomic mass is 28.4. The summed E-state index contributed by atoms with van der Waals surface area (Å²) < 4.78 is 24.9. The fraction of sp³-hybridized carbons (Fsp3) is 0.300. The van der Waals surface area contributed by atoms with Gasteiger partial charge in [0.05, 0.1) is 36.6 Å². The Bertz CT molecular complexity index is 2000. The third-order valence-electron chi connectivity index (χ3n) is 10.4. The Labute approximate surface area is 298 Å².